The number of aromatic nitrogens is 2. The highest BCUT2D eigenvalue weighted by Crippen LogP contribution is 2.26. The van der Waals surface area contributed by atoms with Crippen LogP contribution in [0.25, 0.3) is 0 Å². The van der Waals surface area contributed by atoms with Crippen molar-refractivity contribution in [2.24, 2.45) is 0 Å². The molecule has 2 rings (SSSR count). The van der Waals surface area contributed by atoms with E-state index in [1.54, 1.807) is 6.20 Å². The number of hydrogen-bond acceptors (Lipinski definition) is 4. The molecule has 112 valence electrons. The molecule has 0 saturated heterocycles. The quantitative estimate of drug-likeness (QED) is 0.848. The van der Waals surface area contributed by atoms with Crippen LogP contribution in [0.15, 0.2) is 36.9 Å². The van der Waals surface area contributed by atoms with Crippen LogP contribution in [0, 0.1) is 6.92 Å². The third kappa shape index (κ3) is 4.02. The van der Waals surface area contributed by atoms with E-state index in [0.717, 1.165) is 24.3 Å². The summed E-state index contributed by atoms with van der Waals surface area (Å²) in [6.45, 7) is 7.82. The minimum Gasteiger partial charge on any atom is -0.492 e. The van der Waals surface area contributed by atoms with E-state index in [0.29, 0.717) is 6.61 Å². The standard InChI is InChI=1S/C17H23N3O/c1-4-7-20-17(16-6-8-18-10-13(16)3)14-9-15(21-5-2)12-19-11-14/h6,8-12,17,20H,4-5,7H2,1-3H3. The van der Waals surface area contributed by atoms with Crippen molar-refractivity contribution in [1.29, 1.82) is 0 Å². The molecule has 0 aromatic carbocycles. The molecule has 0 bridgehead atoms. The molecule has 0 aliphatic carbocycles. The Morgan fingerprint density at radius 3 is 2.76 bits per heavy atom. The third-order valence-corrected chi connectivity index (χ3v) is 3.35. The lowest BCUT2D eigenvalue weighted by molar-refractivity contribution is 0.338. The zero-order chi connectivity index (χ0) is 15.1. The van der Waals surface area contributed by atoms with Crippen LogP contribution in [0.3, 0.4) is 0 Å². The van der Waals surface area contributed by atoms with Gasteiger partial charge < -0.3 is 10.1 Å². The minimum absolute atomic E-state index is 0.112. The molecule has 2 heterocycles. The zero-order valence-electron chi connectivity index (χ0n) is 13.0. The Kier molecular flexibility index (Phi) is 5.69. The Morgan fingerprint density at radius 2 is 2.05 bits per heavy atom. The van der Waals surface area contributed by atoms with Crippen LogP contribution in [0.2, 0.25) is 0 Å². The van der Waals surface area contributed by atoms with Gasteiger partial charge in [0.25, 0.3) is 0 Å². The lowest BCUT2D eigenvalue weighted by Gasteiger charge is -2.21. The largest absolute Gasteiger partial charge is 0.492 e. The average molecular weight is 285 g/mol. The Hall–Kier alpha value is -1.94. The average Bonchev–Trinajstić information content (AvgIpc) is 2.50. The molecule has 21 heavy (non-hydrogen) atoms. The van der Waals surface area contributed by atoms with E-state index in [2.05, 4.69) is 41.3 Å². The predicted molar refractivity (Wildman–Crippen MR) is 84.5 cm³/mol. The molecule has 0 aliphatic rings. The van der Waals surface area contributed by atoms with Crippen LogP contribution in [-0.4, -0.2) is 23.1 Å². The van der Waals surface area contributed by atoms with Crippen LogP contribution in [0.4, 0.5) is 0 Å². The third-order valence-electron chi connectivity index (χ3n) is 3.35. The predicted octanol–water partition coefficient (Wildman–Crippen LogP) is 3.27. The zero-order valence-corrected chi connectivity index (χ0v) is 13.0. The van der Waals surface area contributed by atoms with Gasteiger partial charge in [0.2, 0.25) is 0 Å². The molecule has 1 unspecified atom stereocenters. The van der Waals surface area contributed by atoms with Crippen molar-refractivity contribution >= 4 is 0 Å². The highest BCUT2D eigenvalue weighted by Gasteiger charge is 2.16. The van der Waals surface area contributed by atoms with Gasteiger partial charge in [0, 0.05) is 18.6 Å². The first-order valence-electron chi connectivity index (χ1n) is 7.47. The summed E-state index contributed by atoms with van der Waals surface area (Å²) in [5.41, 5.74) is 3.52. The van der Waals surface area contributed by atoms with Gasteiger partial charge in [-0.25, -0.2) is 0 Å². The second kappa shape index (κ2) is 7.74. The molecule has 1 N–H and O–H groups in total. The Morgan fingerprint density at radius 1 is 1.19 bits per heavy atom. The molecule has 0 spiro atoms. The van der Waals surface area contributed by atoms with Crippen molar-refractivity contribution in [3.05, 3.63) is 53.6 Å². The molecule has 4 heteroatoms. The summed E-state index contributed by atoms with van der Waals surface area (Å²) in [6.07, 6.45) is 8.47. The second-order valence-electron chi connectivity index (χ2n) is 5.01. The van der Waals surface area contributed by atoms with E-state index in [4.69, 9.17) is 4.74 Å². The number of nitrogens with zero attached hydrogens (tertiary/aromatic N) is 2. The molecule has 0 amide bonds. The summed E-state index contributed by atoms with van der Waals surface area (Å²) in [5.74, 6) is 0.810. The molecule has 2 aromatic rings. The van der Waals surface area contributed by atoms with Gasteiger partial charge in [-0.1, -0.05) is 6.92 Å². The van der Waals surface area contributed by atoms with Crippen molar-refractivity contribution in [2.75, 3.05) is 13.2 Å². The van der Waals surface area contributed by atoms with Crippen LogP contribution in [0.1, 0.15) is 43.0 Å². The molecule has 0 fully saturated rings. The van der Waals surface area contributed by atoms with Crippen LogP contribution in [0.5, 0.6) is 5.75 Å². The molecule has 1 atom stereocenters. The summed E-state index contributed by atoms with van der Waals surface area (Å²) >= 11 is 0. The van der Waals surface area contributed by atoms with Gasteiger partial charge in [-0.3, -0.25) is 9.97 Å². The van der Waals surface area contributed by atoms with Gasteiger partial charge in [0.05, 0.1) is 18.8 Å². The maximum atomic E-state index is 5.56. The molecule has 0 aliphatic heterocycles. The molecule has 0 radical (unpaired) electrons. The molecule has 2 aromatic heterocycles. The fourth-order valence-electron chi connectivity index (χ4n) is 2.34. The first kappa shape index (κ1) is 15.4. The number of pyridine rings is 2. The first-order valence-corrected chi connectivity index (χ1v) is 7.47. The first-order chi connectivity index (χ1) is 10.3. The van der Waals surface area contributed by atoms with Gasteiger partial charge in [-0.2, -0.15) is 0 Å². The maximum Gasteiger partial charge on any atom is 0.137 e. The van der Waals surface area contributed by atoms with E-state index in [1.807, 2.05) is 25.5 Å². The van der Waals surface area contributed by atoms with Gasteiger partial charge in [-0.05, 0) is 55.6 Å². The lowest BCUT2D eigenvalue weighted by atomic mass is 9.97. The number of aryl methyl sites for hydroxylation is 1. The molecular weight excluding hydrogens is 262 g/mol. The van der Waals surface area contributed by atoms with Crippen molar-refractivity contribution in [1.82, 2.24) is 15.3 Å². The monoisotopic (exact) mass is 285 g/mol. The van der Waals surface area contributed by atoms with Crippen molar-refractivity contribution in [3.63, 3.8) is 0 Å². The maximum absolute atomic E-state index is 5.56. The summed E-state index contributed by atoms with van der Waals surface area (Å²) in [5, 5.41) is 3.59. The number of nitrogens with one attached hydrogen (secondary N) is 1. The molecule has 0 saturated carbocycles. The summed E-state index contributed by atoms with van der Waals surface area (Å²) in [4.78, 5) is 8.49. The van der Waals surface area contributed by atoms with E-state index < -0.39 is 0 Å². The Bertz CT molecular complexity index is 571. The van der Waals surface area contributed by atoms with E-state index in [1.165, 1.54) is 11.1 Å². The van der Waals surface area contributed by atoms with Gasteiger partial charge in [-0.15, -0.1) is 0 Å². The topological polar surface area (TPSA) is 47.0 Å². The normalized spacial score (nSPS) is 12.1. The smallest absolute Gasteiger partial charge is 0.137 e. The van der Waals surface area contributed by atoms with Crippen LogP contribution in [-0.2, 0) is 0 Å². The molecule has 4 nitrogen and oxygen atoms in total. The van der Waals surface area contributed by atoms with E-state index >= 15 is 0 Å². The van der Waals surface area contributed by atoms with Gasteiger partial charge in [0.15, 0.2) is 0 Å². The van der Waals surface area contributed by atoms with Crippen molar-refractivity contribution < 1.29 is 4.74 Å². The number of rotatable bonds is 7. The van der Waals surface area contributed by atoms with Crippen LogP contribution < -0.4 is 10.1 Å². The van der Waals surface area contributed by atoms with E-state index in [-0.39, 0.29) is 6.04 Å². The van der Waals surface area contributed by atoms with E-state index in [9.17, 15) is 0 Å². The SMILES string of the molecule is CCCNC(c1cncc(OCC)c1)c1ccncc1C. The van der Waals surface area contributed by atoms with Gasteiger partial charge >= 0.3 is 0 Å². The van der Waals surface area contributed by atoms with Gasteiger partial charge in [0.1, 0.15) is 5.75 Å². The highest BCUT2D eigenvalue weighted by molar-refractivity contribution is 5.36. The number of hydrogen-bond donors (Lipinski definition) is 1. The Balaban J connectivity index is 2.36. The summed E-state index contributed by atoms with van der Waals surface area (Å²) in [6, 6.07) is 4.24. The highest BCUT2D eigenvalue weighted by atomic mass is 16.5. The Labute approximate surface area is 126 Å². The second-order valence-corrected chi connectivity index (χ2v) is 5.01. The van der Waals surface area contributed by atoms with Crippen LogP contribution >= 0.6 is 0 Å². The summed E-state index contributed by atoms with van der Waals surface area (Å²) in [7, 11) is 0. The molecular formula is C17H23N3O. The fraction of sp³-hybridized carbons (Fsp3) is 0.412. The van der Waals surface area contributed by atoms with Crippen molar-refractivity contribution in [2.45, 2.75) is 33.2 Å². The van der Waals surface area contributed by atoms with Crippen molar-refractivity contribution in [3.8, 4) is 5.75 Å². The summed E-state index contributed by atoms with van der Waals surface area (Å²) < 4.78 is 5.56. The lowest BCUT2D eigenvalue weighted by Crippen LogP contribution is -2.24. The number of ether oxygens (including phenoxy) is 1. The fourth-order valence-corrected chi connectivity index (χ4v) is 2.34. The minimum atomic E-state index is 0.112.